The predicted molar refractivity (Wildman–Crippen MR) is 125 cm³/mol. The number of halogens is 3. The van der Waals surface area contributed by atoms with Crippen LogP contribution in [0.5, 0.6) is 0 Å². The summed E-state index contributed by atoms with van der Waals surface area (Å²) < 4.78 is 6.24. The van der Waals surface area contributed by atoms with Crippen LogP contribution in [0, 0.1) is 5.92 Å². The van der Waals surface area contributed by atoms with E-state index in [4.69, 9.17) is 4.74 Å². The standard InChI is InChI=1S/C21H29N3O.3ClH/c1-18(2)17-25-21(19-6-4-3-5-7-19)16-23-12-14-24(15-13-23)20-8-10-22-11-9-20;;;/h3-11,18,21H,12-17H2,1-2H3;3*1H. The molecule has 0 saturated carbocycles. The molecule has 1 atom stereocenters. The zero-order valence-corrected chi connectivity index (χ0v) is 19.0. The topological polar surface area (TPSA) is 28.6 Å². The lowest BCUT2D eigenvalue weighted by Crippen LogP contribution is -2.47. The van der Waals surface area contributed by atoms with Gasteiger partial charge in [0.1, 0.15) is 0 Å². The quantitative estimate of drug-likeness (QED) is 0.603. The number of rotatable bonds is 7. The Morgan fingerprint density at radius 1 is 0.893 bits per heavy atom. The Hall–Kier alpha value is -1.04. The molecule has 7 heteroatoms. The Labute approximate surface area is 187 Å². The molecule has 28 heavy (non-hydrogen) atoms. The number of ether oxygens (including phenoxy) is 1. The minimum Gasteiger partial charge on any atom is -0.372 e. The van der Waals surface area contributed by atoms with E-state index in [1.807, 2.05) is 12.4 Å². The number of aromatic nitrogens is 1. The number of nitrogens with zero attached hydrogens (tertiary/aromatic N) is 3. The molecule has 1 aromatic carbocycles. The molecule has 0 aliphatic carbocycles. The third-order valence-corrected chi connectivity index (χ3v) is 4.63. The van der Waals surface area contributed by atoms with E-state index in [-0.39, 0.29) is 43.3 Å². The van der Waals surface area contributed by atoms with Crippen LogP contribution in [0.4, 0.5) is 5.69 Å². The third-order valence-electron chi connectivity index (χ3n) is 4.63. The minimum atomic E-state index is 0. The average molecular weight is 449 g/mol. The first-order valence-corrected chi connectivity index (χ1v) is 9.26. The first-order chi connectivity index (χ1) is 12.2. The van der Waals surface area contributed by atoms with Gasteiger partial charge < -0.3 is 9.64 Å². The lowest BCUT2D eigenvalue weighted by molar-refractivity contribution is 0.00984. The van der Waals surface area contributed by atoms with Gasteiger partial charge in [0.15, 0.2) is 0 Å². The molecule has 2 heterocycles. The molecule has 3 rings (SSSR count). The van der Waals surface area contributed by atoms with Crippen molar-refractivity contribution in [1.82, 2.24) is 9.88 Å². The lowest BCUT2D eigenvalue weighted by atomic mass is 10.1. The molecule has 1 saturated heterocycles. The van der Waals surface area contributed by atoms with E-state index in [0.29, 0.717) is 5.92 Å². The highest BCUT2D eigenvalue weighted by atomic mass is 35.5. The van der Waals surface area contributed by atoms with Crippen LogP contribution in [0.15, 0.2) is 54.9 Å². The summed E-state index contributed by atoms with van der Waals surface area (Å²) in [6.07, 6.45) is 3.89. The van der Waals surface area contributed by atoms with Gasteiger partial charge in [0, 0.05) is 57.4 Å². The van der Waals surface area contributed by atoms with E-state index in [1.54, 1.807) is 0 Å². The van der Waals surface area contributed by atoms with Crippen molar-refractivity contribution in [1.29, 1.82) is 0 Å². The molecule has 2 aromatic rings. The first kappa shape index (κ1) is 27.0. The summed E-state index contributed by atoms with van der Waals surface area (Å²) in [6, 6.07) is 14.8. The van der Waals surface area contributed by atoms with Gasteiger partial charge >= 0.3 is 0 Å². The Morgan fingerprint density at radius 2 is 1.50 bits per heavy atom. The molecule has 4 nitrogen and oxygen atoms in total. The van der Waals surface area contributed by atoms with Crippen molar-refractivity contribution in [3.05, 3.63) is 60.4 Å². The molecule has 0 N–H and O–H groups in total. The summed E-state index contributed by atoms with van der Waals surface area (Å²) in [7, 11) is 0. The van der Waals surface area contributed by atoms with E-state index in [0.717, 1.165) is 39.3 Å². The molecule has 1 aromatic heterocycles. The normalized spacial score (nSPS) is 15.2. The van der Waals surface area contributed by atoms with Crippen LogP contribution in [0.25, 0.3) is 0 Å². The molecule has 0 bridgehead atoms. The van der Waals surface area contributed by atoms with Crippen LogP contribution >= 0.6 is 37.2 Å². The van der Waals surface area contributed by atoms with Gasteiger partial charge in [0.05, 0.1) is 6.10 Å². The van der Waals surface area contributed by atoms with Crippen LogP contribution in [0.2, 0.25) is 0 Å². The molecule has 1 fully saturated rings. The van der Waals surface area contributed by atoms with Crippen molar-refractivity contribution >= 4 is 42.9 Å². The summed E-state index contributed by atoms with van der Waals surface area (Å²) in [5.74, 6) is 0.551. The van der Waals surface area contributed by atoms with E-state index in [9.17, 15) is 0 Å². The van der Waals surface area contributed by atoms with Gasteiger partial charge in [-0.25, -0.2) is 0 Å². The highest BCUT2D eigenvalue weighted by Crippen LogP contribution is 2.22. The predicted octanol–water partition coefficient (Wildman–Crippen LogP) is 4.88. The Kier molecular flexibility index (Phi) is 13.5. The number of piperazine rings is 1. The smallest absolute Gasteiger partial charge is 0.0951 e. The fourth-order valence-corrected chi connectivity index (χ4v) is 3.21. The zero-order chi connectivity index (χ0) is 17.5. The second kappa shape index (κ2) is 14.0. The van der Waals surface area contributed by atoms with E-state index >= 15 is 0 Å². The van der Waals surface area contributed by atoms with Gasteiger partial charge in [0.25, 0.3) is 0 Å². The van der Waals surface area contributed by atoms with Crippen LogP contribution in [-0.2, 0) is 4.74 Å². The van der Waals surface area contributed by atoms with Crippen LogP contribution in [-0.4, -0.2) is 49.2 Å². The number of anilines is 1. The van der Waals surface area contributed by atoms with Gasteiger partial charge in [0.2, 0.25) is 0 Å². The van der Waals surface area contributed by atoms with Crippen molar-refractivity contribution in [2.24, 2.45) is 5.92 Å². The molecular formula is C21H32Cl3N3O. The molecular weight excluding hydrogens is 417 g/mol. The second-order valence-electron chi connectivity index (χ2n) is 7.12. The van der Waals surface area contributed by atoms with Crippen molar-refractivity contribution in [3.63, 3.8) is 0 Å². The number of pyridine rings is 1. The highest BCUT2D eigenvalue weighted by Gasteiger charge is 2.22. The van der Waals surface area contributed by atoms with Crippen molar-refractivity contribution in [2.75, 3.05) is 44.2 Å². The van der Waals surface area contributed by atoms with E-state index < -0.39 is 0 Å². The van der Waals surface area contributed by atoms with Crippen molar-refractivity contribution in [2.45, 2.75) is 20.0 Å². The summed E-state index contributed by atoms with van der Waals surface area (Å²) >= 11 is 0. The van der Waals surface area contributed by atoms with Gasteiger partial charge in [-0.1, -0.05) is 44.2 Å². The van der Waals surface area contributed by atoms with Crippen LogP contribution in [0.1, 0.15) is 25.5 Å². The van der Waals surface area contributed by atoms with Crippen molar-refractivity contribution < 1.29 is 4.74 Å². The maximum atomic E-state index is 6.24. The summed E-state index contributed by atoms with van der Waals surface area (Å²) in [5, 5.41) is 0. The molecule has 0 spiro atoms. The molecule has 158 valence electrons. The molecule has 1 aliphatic rings. The Balaban J connectivity index is 0.00000243. The van der Waals surface area contributed by atoms with Gasteiger partial charge in [-0.05, 0) is 23.6 Å². The zero-order valence-electron chi connectivity index (χ0n) is 16.6. The maximum absolute atomic E-state index is 6.24. The van der Waals surface area contributed by atoms with Crippen LogP contribution in [0.3, 0.4) is 0 Å². The minimum absolute atomic E-state index is 0. The molecule has 1 aliphatic heterocycles. The monoisotopic (exact) mass is 447 g/mol. The number of benzene rings is 1. The number of hydrogen-bond donors (Lipinski definition) is 0. The highest BCUT2D eigenvalue weighted by molar-refractivity contribution is 5.86. The van der Waals surface area contributed by atoms with Crippen LogP contribution < -0.4 is 4.90 Å². The van der Waals surface area contributed by atoms with Crippen molar-refractivity contribution in [3.8, 4) is 0 Å². The number of hydrogen-bond acceptors (Lipinski definition) is 4. The lowest BCUT2D eigenvalue weighted by Gasteiger charge is -2.37. The molecule has 1 unspecified atom stereocenters. The second-order valence-corrected chi connectivity index (χ2v) is 7.12. The van der Waals surface area contributed by atoms with E-state index in [2.05, 4.69) is 71.1 Å². The largest absolute Gasteiger partial charge is 0.372 e. The van der Waals surface area contributed by atoms with Gasteiger partial charge in [-0.2, -0.15) is 0 Å². The fourth-order valence-electron chi connectivity index (χ4n) is 3.21. The maximum Gasteiger partial charge on any atom is 0.0951 e. The first-order valence-electron chi connectivity index (χ1n) is 9.26. The summed E-state index contributed by atoms with van der Waals surface area (Å²) in [4.78, 5) is 9.07. The molecule has 0 radical (unpaired) electrons. The van der Waals surface area contributed by atoms with Gasteiger partial charge in [-0.15, -0.1) is 37.2 Å². The molecule has 0 amide bonds. The SMILES string of the molecule is CC(C)COC(CN1CCN(c2ccncc2)CC1)c1ccccc1.Cl.Cl.Cl. The average Bonchev–Trinajstić information content (AvgIpc) is 2.67. The summed E-state index contributed by atoms with van der Waals surface area (Å²) in [6.45, 7) is 10.4. The summed E-state index contributed by atoms with van der Waals surface area (Å²) in [5.41, 5.74) is 2.55. The Morgan fingerprint density at radius 3 is 2.07 bits per heavy atom. The van der Waals surface area contributed by atoms with Gasteiger partial charge in [-0.3, -0.25) is 9.88 Å². The third kappa shape index (κ3) is 8.14. The van der Waals surface area contributed by atoms with E-state index in [1.165, 1.54) is 11.3 Å². The fraction of sp³-hybridized carbons (Fsp3) is 0.476. The Bertz CT molecular complexity index is 623.